The monoisotopic (exact) mass is 287 g/mol. The summed E-state index contributed by atoms with van der Waals surface area (Å²) in [5.41, 5.74) is 1.21. The second-order valence-electron chi connectivity index (χ2n) is 5.96. The number of nitrogens with zero attached hydrogens (tertiary/aromatic N) is 1. The van der Waals surface area contributed by atoms with E-state index in [-0.39, 0.29) is 0 Å². The van der Waals surface area contributed by atoms with Crippen LogP contribution in [0, 0.1) is 5.92 Å². The van der Waals surface area contributed by atoms with Gasteiger partial charge in [-0.15, -0.1) is 0 Å². The average Bonchev–Trinajstić information content (AvgIpc) is 2.77. The van der Waals surface area contributed by atoms with Crippen molar-refractivity contribution >= 4 is 17.4 Å². The van der Waals surface area contributed by atoms with Gasteiger partial charge in [0.15, 0.2) is 0 Å². The van der Waals surface area contributed by atoms with E-state index < -0.39 is 11.7 Å². The standard InChI is InChI=1S/C17H21NO3/c1-21-13-7-8-14-15(11-13)18(17(20)16(14)19)10-9-12-5-3-2-4-6-12/h7-8,11-12H,2-6,9-10H2,1H3. The van der Waals surface area contributed by atoms with Crippen LogP contribution in [0.25, 0.3) is 0 Å². The first-order chi connectivity index (χ1) is 10.2. The number of ether oxygens (including phenoxy) is 1. The molecule has 1 aromatic rings. The summed E-state index contributed by atoms with van der Waals surface area (Å²) >= 11 is 0. The highest BCUT2D eigenvalue weighted by Crippen LogP contribution is 2.34. The molecule has 1 amide bonds. The normalized spacial score (nSPS) is 19.0. The first kappa shape index (κ1) is 14.1. The number of hydrogen-bond acceptors (Lipinski definition) is 3. The zero-order chi connectivity index (χ0) is 14.8. The summed E-state index contributed by atoms with van der Waals surface area (Å²) in [6, 6.07) is 5.21. The molecular formula is C17H21NO3. The van der Waals surface area contributed by atoms with Gasteiger partial charge in [0.05, 0.1) is 18.4 Å². The Bertz CT molecular complexity index is 561. The van der Waals surface area contributed by atoms with Crippen LogP contribution >= 0.6 is 0 Å². The van der Waals surface area contributed by atoms with Crippen molar-refractivity contribution in [3.8, 4) is 5.75 Å². The van der Waals surface area contributed by atoms with E-state index in [0.717, 1.165) is 6.42 Å². The van der Waals surface area contributed by atoms with Crippen LogP contribution in [0.1, 0.15) is 48.9 Å². The van der Waals surface area contributed by atoms with Crippen molar-refractivity contribution < 1.29 is 14.3 Å². The van der Waals surface area contributed by atoms with Crippen LogP contribution in [0.4, 0.5) is 5.69 Å². The molecule has 1 saturated carbocycles. The van der Waals surface area contributed by atoms with Gasteiger partial charge < -0.3 is 9.64 Å². The molecule has 1 fully saturated rings. The topological polar surface area (TPSA) is 46.6 Å². The Morgan fingerprint density at radius 1 is 1.19 bits per heavy atom. The number of hydrogen-bond donors (Lipinski definition) is 0. The van der Waals surface area contributed by atoms with Gasteiger partial charge in [-0.1, -0.05) is 32.1 Å². The number of fused-ring (bicyclic) bond motifs is 1. The van der Waals surface area contributed by atoms with Crippen molar-refractivity contribution in [2.45, 2.75) is 38.5 Å². The Hall–Kier alpha value is -1.84. The number of ketones is 1. The van der Waals surface area contributed by atoms with Gasteiger partial charge in [0, 0.05) is 12.6 Å². The summed E-state index contributed by atoms with van der Waals surface area (Å²) in [7, 11) is 1.59. The van der Waals surface area contributed by atoms with Crippen LogP contribution in [-0.4, -0.2) is 25.3 Å². The smallest absolute Gasteiger partial charge is 0.299 e. The molecule has 3 rings (SSSR count). The lowest BCUT2D eigenvalue weighted by molar-refractivity contribution is -0.114. The maximum absolute atomic E-state index is 12.2. The van der Waals surface area contributed by atoms with Crippen LogP contribution in [0.15, 0.2) is 18.2 Å². The van der Waals surface area contributed by atoms with E-state index in [1.54, 1.807) is 30.2 Å². The molecule has 2 aliphatic rings. The third kappa shape index (κ3) is 2.67. The summed E-state index contributed by atoms with van der Waals surface area (Å²) in [5, 5.41) is 0. The third-order valence-electron chi connectivity index (χ3n) is 4.67. The van der Waals surface area contributed by atoms with E-state index in [2.05, 4.69) is 0 Å². The molecule has 1 aliphatic heterocycles. The van der Waals surface area contributed by atoms with Crippen molar-refractivity contribution in [2.75, 3.05) is 18.6 Å². The highest BCUT2D eigenvalue weighted by Gasteiger charge is 2.36. The van der Waals surface area contributed by atoms with E-state index in [1.165, 1.54) is 32.1 Å². The fraction of sp³-hybridized carbons (Fsp3) is 0.529. The molecule has 0 atom stereocenters. The number of carbonyl (C=O) groups is 2. The molecule has 0 unspecified atom stereocenters. The highest BCUT2D eigenvalue weighted by molar-refractivity contribution is 6.52. The summed E-state index contributed by atoms with van der Waals surface area (Å²) in [6.07, 6.45) is 7.40. The maximum Gasteiger partial charge on any atom is 0.299 e. The predicted octanol–water partition coefficient (Wildman–Crippen LogP) is 3.19. The molecule has 4 heteroatoms. The Morgan fingerprint density at radius 3 is 2.67 bits per heavy atom. The first-order valence-corrected chi connectivity index (χ1v) is 7.75. The second-order valence-corrected chi connectivity index (χ2v) is 5.96. The summed E-state index contributed by atoms with van der Waals surface area (Å²) in [4.78, 5) is 25.8. The summed E-state index contributed by atoms with van der Waals surface area (Å²) in [6.45, 7) is 0.634. The number of benzene rings is 1. The second kappa shape index (κ2) is 5.88. The van der Waals surface area contributed by atoms with E-state index in [0.29, 0.717) is 29.5 Å². The molecule has 0 saturated heterocycles. The molecule has 4 nitrogen and oxygen atoms in total. The summed E-state index contributed by atoms with van der Waals surface area (Å²) < 4.78 is 5.20. The zero-order valence-electron chi connectivity index (χ0n) is 12.4. The molecule has 21 heavy (non-hydrogen) atoms. The van der Waals surface area contributed by atoms with Gasteiger partial charge in [0.1, 0.15) is 5.75 Å². The Morgan fingerprint density at radius 2 is 1.95 bits per heavy atom. The lowest BCUT2D eigenvalue weighted by Gasteiger charge is -2.24. The minimum Gasteiger partial charge on any atom is -0.497 e. The highest BCUT2D eigenvalue weighted by atomic mass is 16.5. The van der Waals surface area contributed by atoms with Crippen LogP contribution in [0.5, 0.6) is 5.75 Å². The largest absolute Gasteiger partial charge is 0.497 e. The van der Waals surface area contributed by atoms with Crippen molar-refractivity contribution in [1.82, 2.24) is 0 Å². The van der Waals surface area contributed by atoms with Crippen LogP contribution < -0.4 is 9.64 Å². The third-order valence-corrected chi connectivity index (χ3v) is 4.67. The quantitative estimate of drug-likeness (QED) is 0.799. The zero-order valence-corrected chi connectivity index (χ0v) is 12.4. The number of Topliss-reactive ketones (excluding diaryl/α,β-unsaturated/α-hetero) is 1. The van der Waals surface area contributed by atoms with Crippen LogP contribution in [-0.2, 0) is 4.79 Å². The van der Waals surface area contributed by atoms with Gasteiger partial charge in [-0.25, -0.2) is 0 Å². The fourth-order valence-electron chi connectivity index (χ4n) is 3.41. The van der Waals surface area contributed by atoms with Gasteiger partial charge in [-0.3, -0.25) is 9.59 Å². The molecule has 0 aromatic heterocycles. The van der Waals surface area contributed by atoms with E-state index >= 15 is 0 Å². The Balaban J connectivity index is 1.76. The fourth-order valence-corrected chi connectivity index (χ4v) is 3.41. The molecule has 0 bridgehead atoms. The molecule has 1 aliphatic carbocycles. The van der Waals surface area contributed by atoms with Crippen molar-refractivity contribution in [2.24, 2.45) is 5.92 Å². The van der Waals surface area contributed by atoms with Crippen molar-refractivity contribution in [3.05, 3.63) is 23.8 Å². The van der Waals surface area contributed by atoms with Crippen molar-refractivity contribution in [1.29, 1.82) is 0 Å². The predicted molar refractivity (Wildman–Crippen MR) is 80.9 cm³/mol. The number of carbonyl (C=O) groups excluding carboxylic acids is 2. The molecule has 0 N–H and O–H groups in total. The van der Waals surface area contributed by atoms with E-state index in [1.807, 2.05) is 0 Å². The number of methoxy groups -OCH3 is 1. The number of amides is 1. The molecule has 0 radical (unpaired) electrons. The van der Waals surface area contributed by atoms with Gasteiger partial charge in [0.25, 0.3) is 11.7 Å². The number of anilines is 1. The van der Waals surface area contributed by atoms with Gasteiger partial charge in [-0.05, 0) is 24.5 Å². The minimum atomic E-state index is -0.394. The van der Waals surface area contributed by atoms with Crippen molar-refractivity contribution in [3.63, 3.8) is 0 Å². The van der Waals surface area contributed by atoms with Crippen LogP contribution in [0.3, 0.4) is 0 Å². The first-order valence-electron chi connectivity index (χ1n) is 7.75. The maximum atomic E-state index is 12.2. The number of rotatable bonds is 4. The minimum absolute atomic E-state index is 0.392. The van der Waals surface area contributed by atoms with Gasteiger partial charge in [-0.2, -0.15) is 0 Å². The lowest BCUT2D eigenvalue weighted by atomic mass is 9.87. The van der Waals surface area contributed by atoms with Gasteiger partial charge in [0.2, 0.25) is 0 Å². The summed E-state index contributed by atoms with van der Waals surface area (Å²) in [5.74, 6) is 0.584. The average molecular weight is 287 g/mol. The van der Waals surface area contributed by atoms with Gasteiger partial charge >= 0.3 is 0 Å². The van der Waals surface area contributed by atoms with E-state index in [4.69, 9.17) is 4.74 Å². The Kier molecular flexibility index (Phi) is 3.95. The lowest BCUT2D eigenvalue weighted by Crippen LogP contribution is -2.32. The Labute approximate surface area is 125 Å². The molecular weight excluding hydrogens is 266 g/mol. The molecule has 112 valence electrons. The van der Waals surface area contributed by atoms with E-state index in [9.17, 15) is 9.59 Å². The molecule has 0 spiro atoms. The molecule has 1 heterocycles. The molecule has 1 aromatic carbocycles. The SMILES string of the molecule is COc1ccc2c(c1)N(CCC1CCCCC1)C(=O)C2=O. The van der Waals surface area contributed by atoms with Crippen LogP contribution in [0.2, 0.25) is 0 Å².